The van der Waals surface area contributed by atoms with Gasteiger partial charge in [0, 0.05) is 29.2 Å². The second-order valence-corrected chi connectivity index (χ2v) is 6.00. The number of rotatable bonds is 7. The largest absolute Gasteiger partial charge is 0.338 e. The van der Waals surface area contributed by atoms with Crippen LogP contribution in [0, 0.1) is 5.82 Å². The molecule has 1 heterocycles. The molecule has 0 unspecified atom stereocenters. The van der Waals surface area contributed by atoms with Gasteiger partial charge in [-0.3, -0.25) is 4.90 Å². The summed E-state index contributed by atoms with van der Waals surface area (Å²) in [5.74, 6) is 0.725. The van der Waals surface area contributed by atoms with Gasteiger partial charge >= 0.3 is 0 Å². The molecule has 3 rings (SSSR count). The normalized spacial score (nSPS) is 11.0. The molecule has 0 atom stereocenters. The lowest BCUT2D eigenvalue weighted by Crippen LogP contribution is -2.23. The second-order valence-electron chi connectivity index (χ2n) is 5.57. The first-order chi connectivity index (χ1) is 12.2. The minimum Gasteiger partial charge on any atom is -0.338 e. The molecule has 0 aliphatic carbocycles. The van der Waals surface area contributed by atoms with E-state index in [0.717, 1.165) is 5.56 Å². The fraction of sp³-hybridized carbons (Fsp3) is 0.158. The van der Waals surface area contributed by atoms with E-state index in [4.69, 9.17) is 16.1 Å². The van der Waals surface area contributed by atoms with Crippen LogP contribution in [-0.4, -0.2) is 21.6 Å². The average molecular weight is 358 g/mol. The van der Waals surface area contributed by atoms with Crippen LogP contribution in [0.25, 0.3) is 11.4 Å². The van der Waals surface area contributed by atoms with Crippen molar-refractivity contribution in [1.82, 2.24) is 15.0 Å². The Kier molecular flexibility index (Phi) is 5.58. The van der Waals surface area contributed by atoms with Crippen LogP contribution < -0.4 is 0 Å². The summed E-state index contributed by atoms with van der Waals surface area (Å²) in [6.45, 7) is 5.16. The summed E-state index contributed by atoms with van der Waals surface area (Å²) in [4.78, 5) is 6.38. The summed E-state index contributed by atoms with van der Waals surface area (Å²) in [5, 5.41) is 4.65. The lowest BCUT2D eigenvalue weighted by molar-refractivity contribution is 0.236. The highest BCUT2D eigenvalue weighted by molar-refractivity contribution is 6.30. The van der Waals surface area contributed by atoms with Gasteiger partial charge in [-0.15, -0.1) is 6.58 Å². The molecule has 3 aromatic rings. The van der Waals surface area contributed by atoms with E-state index in [0.29, 0.717) is 41.9 Å². The van der Waals surface area contributed by atoms with Crippen LogP contribution in [0.3, 0.4) is 0 Å². The zero-order valence-corrected chi connectivity index (χ0v) is 14.3. The molecule has 4 nitrogen and oxygen atoms in total. The molecular weight excluding hydrogens is 341 g/mol. The number of nitrogens with zero attached hydrogens (tertiary/aromatic N) is 3. The molecule has 0 saturated heterocycles. The number of benzene rings is 2. The van der Waals surface area contributed by atoms with Gasteiger partial charge in [-0.1, -0.05) is 41.0 Å². The summed E-state index contributed by atoms with van der Waals surface area (Å²) >= 11 is 5.89. The van der Waals surface area contributed by atoms with Crippen LogP contribution in [0.2, 0.25) is 5.02 Å². The Labute approximate surface area is 150 Å². The van der Waals surface area contributed by atoms with E-state index in [9.17, 15) is 4.39 Å². The van der Waals surface area contributed by atoms with Gasteiger partial charge in [0.05, 0.1) is 6.54 Å². The van der Waals surface area contributed by atoms with Crippen LogP contribution in [-0.2, 0) is 13.1 Å². The SMILES string of the molecule is C=CCN(Cc1nc(-c2ccc(Cl)cc2)no1)Cc1ccccc1F. The van der Waals surface area contributed by atoms with E-state index in [1.54, 1.807) is 30.3 Å². The second kappa shape index (κ2) is 8.05. The molecule has 0 fully saturated rings. The molecule has 0 saturated carbocycles. The first-order valence-corrected chi connectivity index (χ1v) is 8.18. The van der Waals surface area contributed by atoms with Crippen LogP contribution in [0.4, 0.5) is 4.39 Å². The molecule has 0 amide bonds. The minimum atomic E-state index is -0.232. The number of aromatic nitrogens is 2. The van der Waals surface area contributed by atoms with Crippen molar-refractivity contribution in [2.45, 2.75) is 13.1 Å². The Morgan fingerprint density at radius 3 is 2.60 bits per heavy atom. The maximum absolute atomic E-state index is 13.9. The number of hydrogen-bond donors (Lipinski definition) is 0. The van der Waals surface area contributed by atoms with Crippen molar-refractivity contribution < 1.29 is 8.91 Å². The zero-order chi connectivity index (χ0) is 17.6. The molecule has 0 bridgehead atoms. The van der Waals surface area contributed by atoms with Crippen molar-refractivity contribution in [3.05, 3.63) is 83.5 Å². The van der Waals surface area contributed by atoms with Gasteiger partial charge in [0.2, 0.25) is 11.7 Å². The minimum absolute atomic E-state index is 0.232. The first kappa shape index (κ1) is 17.3. The predicted molar refractivity (Wildman–Crippen MR) is 95.5 cm³/mol. The quantitative estimate of drug-likeness (QED) is 0.574. The Morgan fingerprint density at radius 2 is 1.88 bits per heavy atom. The summed E-state index contributed by atoms with van der Waals surface area (Å²) in [6.07, 6.45) is 1.76. The smallest absolute Gasteiger partial charge is 0.241 e. The lowest BCUT2D eigenvalue weighted by Gasteiger charge is -2.18. The first-order valence-electron chi connectivity index (χ1n) is 7.81. The average Bonchev–Trinajstić information content (AvgIpc) is 3.06. The van der Waals surface area contributed by atoms with Gasteiger partial charge in [0.25, 0.3) is 0 Å². The molecule has 0 aliphatic heterocycles. The zero-order valence-electron chi connectivity index (χ0n) is 13.5. The molecule has 0 radical (unpaired) electrons. The van der Waals surface area contributed by atoms with E-state index >= 15 is 0 Å². The lowest BCUT2D eigenvalue weighted by atomic mass is 10.2. The van der Waals surface area contributed by atoms with E-state index in [1.165, 1.54) is 6.07 Å². The Morgan fingerprint density at radius 1 is 1.12 bits per heavy atom. The maximum atomic E-state index is 13.9. The molecule has 1 aromatic heterocycles. The Bertz CT molecular complexity index is 848. The third-order valence-corrected chi connectivity index (χ3v) is 3.92. The molecule has 2 aromatic carbocycles. The highest BCUT2D eigenvalue weighted by Crippen LogP contribution is 2.19. The molecular formula is C19H17ClFN3O. The topological polar surface area (TPSA) is 42.2 Å². The monoisotopic (exact) mass is 357 g/mol. The molecule has 0 aliphatic rings. The van der Waals surface area contributed by atoms with Crippen molar-refractivity contribution >= 4 is 11.6 Å². The Hall–Kier alpha value is -2.50. The van der Waals surface area contributed by atoms with Crippen molar-refractivity contribution in [1.29, 1.82) is 0 Å². The molecule has 25 heavy (non-hydrogen) atoms. The molecule has 0 spiro atoms. The Balaban J connectivity index is 1.73. The molecule has 6 heteroatoms. The number of halogens is 2. The van der Waals surface area contributed by atoms with Crippen LogP contribution in [0.15, 0.2) is 65.7 Å². The summed E-state index contributed by atoms with van der Waals surface area (Å²) in [5.41, 5.74) is 1.44. The van der Waals surface area contributed by atoms with Gasteiger partial charge < -0.3 is 4.52 Å². The van der Waals surface area contributed by atoms with E-state index in [2.05, 4.69) is 16.7 Å². The van der Waals surface area contributed by atoms with Crippen LogP contribution in [0.1, 0.15) is 11.5 Å². The summed E-state index contributed by atoms with van der Waals surface area (Å²) in [6, 6.07) is 13.9. The van der Waals surface area contributed by atoms with Crippen molar-refractivity contribution in [3.8, 4) is 11.4 Å². The van der Waals surface area contributed by atoms with E-state index in [-0.39, 0.29) is 5.82 Å². The third kappa shape index (κ3) is 4.53. The van der Waals surface area contributed by atoms with Crippen LogP contribution in [0.5, 0.6) is 0 Å². The van der Waals surface area contributed by atoms with Crippen molar-refractivity contribution in [2.75, 3.05) is 6.54 Å². The predicted octanol–water partition coefficient (Wildman–Crippen LogP) is 4.72. The standard InChI is InChI=1S/C19H17ClFN3O/c1-2-11-24(12-15-5-3-4-6-17(15)21)13-18-22-19(23-25-18)14-7-9-16(20)10-8-14/h2-10H,1,11-13H2. The molecule has 0 N–H and O–H groups in total. The fourth-order valence-electron chi connectivity index (χ4n) is 2.46. The molecule has 128 valence electrons. The van der Waals surface area contributed by atoms with Crippen molar-refractivity contribution in [2.24, 2.45) is 0 Å². The maximum Gasteiger partial charge on any atom is 0.241 e. The fourth-order valence-corrected chi connectivity index (χ4v) is 2.59. The summed E-state index contributed by atoms with van der Waals surface area (Å²) < 4.78 is 19.2. The van der Waals surface area contributed by atoms with Gasteiger partial charge in [-0.05, 0) is 30.3 Å². The van der Waals surface area contributed by atoms with Crippen LogP contribution >= 0.6 is 11.6 Å². The number of hydrogen-bond acceptors (Lipinski definition) is 4. The third-order valence-electron chi connectivity index (χ3n) is 3.67. The van der Waals surface area contributed by atoms with Gasteiger partial charge in [0.1, 0.15) is 5.82 Å². The highest BCUT2D eigenvalue weighted by Gasteiger charge is 2.14. The summed E-state index contributed by atoms with van der Waals surface area (Å²) in [7, 11) is 0. The van der Waals surface area contributed by atoms with Gasteiger partial charge in [-0.2, -0.15) is 4.98 Å². The van der Waals surface area contributed by atoms with Gasteiger partial charge in [-0.25, -0.2) is 4.39 Å². The highest BCUT2D eigenvalue weighted by atomic mass is 35.5. The van der Waals surface area contributed by atoms with E-state index in [1.807, 2.05) is 23.1 Å². The van der Waals surface area contributed by atoms with Gasteiger partial charge in [0.15, 0.2) is 0 Å². The van der Waals surface area contributed by atoms with E-state index < -0.39 is 0 Å². The van der Waals surface area contributed by atoms with Crippen molar-refractivity contribution in [3.63, 3.8) is 0 Å².